The summed E-state index contributed by atoms with van der Waals surface area (Å²) in [5.41, 5.74) is 6.74. The zero-order valence-corrected chi connectivity index (χ0v) is 9.27. The van der Waals surface area contributed by atoms with Crippen LogP contribution < -0.4 is 5.73 Å². The van der Waals surface area contributed by atoms with Gasteiger partial charge in [0.25, 0.3) is 0 Å². The Hall–Kier alpha value is -1.23. The highest BCUT2D eigenvalue weighted by Crippen LogP contribution is 2.28. The molecule has 0 unspecified atom stereocenters. The van der Waals surface area contributed by atoms with E-state index in [1.165, 1.54) is 0 Å². The van der Waals surface area contributed by atoms with Gasteiger partial charge in [-0.25, -0.2) is 4.98 Å². The van der Waals surface area contributed by atoms with Crippen molar-refractivity contribution in [3.05, 3.63) is 11.5 Å². The van der Waals surface area contributed by atoms with Crippen molar-refractivity contribution in [3.63, 3.8) is 0 Å². The zero-order valence-electron chi connectivity index (χ0n) is 9.27. The molecule has 5 nitrogen and oxygen atoms in total. The molecule has 0 aliphatic carbocycles. The summed E-state index contributed by atoms with van der Waals surface area (Å²) in [4.78, 5) is 6.48. The van der Waals surface area contributed by atoms with Crippen LogP contribution in [-0.2, 0) is 0 Å². The summed E-state index contributed by atoms with van der Waals surface area (Å²) in [5.74, 6) is 1.63. The highest BCUT2D eigenvalue weighted by molar-refractivity contribution is 5.35. The number of hydrogen-bond donors (Lipinski definition) is 1. The van der Waals surface area contributed by atoms with E-state index < -0.39 is 0 Å². The van der Waals surface area contributed by atoms with Crippen molar-refractivity contribution in [2.45, 2.75) is 25.7 Å². The number of rotatable bonds is 1. The molecular formula is C10H17N5. The summed E-state index contributed by atoms with van der Waals surface area (Å²) in [6.45, 7) is 4.00. The van der Waals surface area contributed by atoms with Crippen LogP contribution in [0.15, 0.2) is 0 Å². The fourth-order valence-corrected chi connectivity index (χ4v) is 2.00. The fraction of sp³-hybridized carbons (Fsp3) is 0.700. The SMILES string of the molecule is Cc1nnc(C2CCN(C)CC2)c(N)n1. The average molecular weight is 207 g/mol. The van der Waals surface area contributed by atoms with Crippen molar-refractivity contribution in [3.8, 4) is 0 Å². The number of piperidine rings is 1. The lowest BCUT2D eigenvalue weighted by atomic mass is 9.93. The van der Waals surface area contributed by atoms with Gasteiger partial charge in [-0.3, -0.25) is 0 Å². The molecule has 0 amide bonds. The summed E-state index contributed by atoms with van der Waals surface area (Å²) in [6.07, 6.45) is 2.19. The van der Waals surface area contributed by atoms with E-state index in [1.54, 1.807) is 0 Å². The highest BCUT2D eigenvalue weighted by atomic mass is 15.2. The van der Waals surface area contributed by atoms with Crippen LogP contribution in [0.1, 0.15) is 30.3 Å². The Bertz CT molecular complexity index is 344. The van der Waals surface area contributed by atoms with Gasteiger partial charge in [0, 0.05) is 5.92 Å². The smallest absolute Gasteiger partial charge is 0.150 e. The van der Waals surface area contributed by atoms with Gasteiger partial charge in [-0.05, 0) is 39.9 Å². The van der Waals surface area contributed by atoms with Crippen LogP contribution in [0.5, 0.6) is 0 Å². The monoisotopic (exact) mass is 207 g/mol. The molecule has 1 aliphatic rings. The number of anilines is 1. The molecule has 0 saturated carbocycles. The van der Waals surface area contributed by atoms with Gasteiger partial charge in [0.05, 0.1) is 0 Å². The van der Waals surface area contributed by atoms with Crippen molar-refractivity contribution in [2.75, 3.05) is 25.9 Å². The van der Waals surface area contributed by atoms with Crippen molar-refractivity contribution >= 4 is 5.82 Å². The molecule has 1 aromatic rings. The third-order valence-corrected chi connectivity index (χ3v) is 2.95. The zero-order chi connectivity index (χ0) is 10.8. The predicted octanol–water partition coefficient (Wildman–Crippen LogP) is 0.571. The Morgan fingerprint density at radius 2 is 1.93 bits per heavy atom. The van der Waals surface area contributed by atoms with Crippen LogP contribution in [0.4, 0.5) is 5.82 Å². The van der Waals surface area contributed by atoms with E-state index in [0.29, 0.717) is 17.6 Å². The molecule has 1 saturated heterocycles. The van der Waals surface area contributed by atoms with Gasteiger partial charge in [-0.2, -0.15) is 0 Å². The number of nitrogen functional groups attached to an aromatic ring is 1. The maximum Gasteiger partial charge on any atom is 0.150 e. The number of likely N-dealkylation sites (tertiary alicyclic amines) is 1. The van der Waals surface area contributed by atoms with Gasteiger partial charge < -0.3 is 10.6 Å². The Morgan fingerprint density at radius 3 is 2.53 bits per heavy atom. The van der Waals surface area contributed by atoms with Crippen LogP contribution in [0.2, 0.25) is 0 Å². The molecule has 0 bridgehead atoms. The van der Waals surface area contributed by atoms with Gasteiger partial charge in [-0.15, -0.1) is 10.2 Å². The van der Waals surface area contributed by atoms with Gasteiger partial charge >= 0.3 is 0 Å². The van der Waals surface area contributed by atoms with E-state index in [9.17, 15) is 0 Å². The number of aryl methyl sites for hydroxylation is 1. The lowest BCUT2D eigenvalue weighted by molar-refractivity contribution is 0.253. The summed E-state index contributed by atoms with van der Waals surface area (Å²) >= 11 is 0. The maximum absolute atomic E-state index is 5.86. The molecule has 0 spiro atoms. The molecule has 2 N–H and O–H groups in total. The second-order valence-corrected chi connectivity index (χ2v) is 4.21. The van der Waals surface area contributed by atoms with Crippen LogP contribution >= 0.6 is 0 Å². The molecule has 2 heterocycles. The van der Waals surface area contributed by atoms with E-state index in [1.807, 2.05) is 6.92 Å². The fourth-order valence-electron chi connectivity index (χ4n) is 2.00. The standard InChI is InChI=1S/C10H17N5/c1-7-12-10(11)9(14-13-7)8-3-5-15(2)6-4-8/h8H,3-6H2,1-2H3,(H2,11,12,13). The second kappa shape index (κ2) is 4.10. The normalized spacial score (nSPS) is 19.3. The minimum Gasteiger partial charge on any atom is -0.382 e. The van der Waals surface area contributed by atoms with Gasteiger partial charge in [0.2, 0.25) is 0 Å². The van der Waals surface area contributed by atoms with Crippen molar-refractivity contribution in [2.24, 2.45) is 0 Å². The Morgan fingerprint density at radius 1 is 1.27 bits per heavy atom. The first-order chi connectivity index (χ1) is 7.16. The Balaban J connectivity index is 2.15. The summed E-state index contributed by atoms with van der Waals surface area (Å²) in [5, 5.41) is 8.15. The maximum atomic E-state index is 5.86. The minimum atomic E-state index is 0.432. The average Bonchev–Trinajstić information content (AvgIpc) is 2.20. The third kappa shape index (κ3) is 2.23. The van der Waals surface area contributed by atoms with Gasteiger partial charge in [0.1, 0.15) is 17.3 Å². The highest BCUT2D eigenvalue weighted by Gasteiger charge is 2.22. The van der Waals surface area contributed by atoms with Gasteiger partial charge in [0.15, 0.2) is 0 Å². The van der Waals surface area contributed by atoms with E-state index in [0.717, 1.165) is 31.6 Å². The Kier molecular flexibility index (Phi) is 2.81. The van der Waals surface area contributed by atoms with Crippen LogP contribution in [0.3, 0.4) is 0 Å². The van der Waals surface area contributed by atoms with Crippen LogP contribution in [0, 0.1) is 6.92 Å². The van der Waals surface area contributed by atoms with Crippen LogP contribution in [-0.4, -0.2) is 40.2 Å². The molecule has 0 atom stereocenters. The quantitative estimate of drug-likeness (QED) is 0.729. The number of nitrogens with zero attached hydrogens (tertiary/aromatic N) is 4. The molecule has 82 valence electrons. The molecular weight excluding hydrogens is 190 g/mol. The number of nitrogens with two attached hydrogens (primary N) is 1. The first-order valence-corrected chi connectivity index (χ1v) is 5.32. The molecule has 1 aliphatic heterocycles. The summed E-state index contributed by atoms with van der Waals surface area (Å²) in [7, 11) is 2.14. The Labute approximate surface area is 89.7 Å². The lowest BCUT2D eigenvalue weighted by Gasteiger charge is -2.28. The first kappa shape index (κ1) is 10.3. The lowest BCUT2D eigenvalue weighted by Crippen LogP contribution is -2.30. The van der Waals surface area contributed by atoms with Crippen molar-refractivity contribution < 1.29 is 0 Å². The molecule has 15 heavy (non-hydrogen) atoms. The first-order valence-electron chi connectivity index (χ1n) is 5.32. The number of aromatic nitrogens is 3. The minimum absolute atomic E-state index is 0.432. The van der Waals surface area contributed by atoms with E-state index in [4.69, 9.17) is 5.73 Å². The third-order valence-electron chi connectivity index (χ3n) is 2.95. The van der Waals surface area contributed by atoms with E-state index in [2.05, 4.69) is 27.1 Å². The topological polar surface area (TPSA) is 67.9 Å². The predicted molar refractivity (Wildman–Crippen MR) is 58.4 cm³/mol. The summed E-state index contributed by atoms with van der Waals surface area (Å²) < 4.78 is 0. The number of hydrogen-bond acceptors (Lipinski definition) is 5. The molecule has 1 fully saturated rings. The molecule has 0 radical (unpaired) electrons. The van der Waals surface area contributed by atoms with Gasteiger partial charge in [-0.1, -0.05) is 0 Å². The molecule has 5 heteroatoms. The molecule has 2 rings (SSSR count). The van der Waals surface area contributed by atoms with E-state index >= 15 is 0 Å². The van der Waals surface area contributed by atoms with Crippen molar-refractivity contribution in [1.82, 2.24) is 20.1 Å². The van der Waals surface area contributed by atoms with Crippen molar-refractivity contribution in [1.29, 1.82) is 0 Å². The largest absolute Gasteiger partial charge is 0.382 e. The van der Waals surface area contributed by atoms with Crippen LogP contribution in [0.25, 0.3) is 0 Å². The molecule has 0 aromatic carbocycles. The molecule has 1 aromatic heterocycles. The summed E-state index contributed by atoms with van der Waals surface area (Å²) in [6, 6.07) is 0. The second-order valence-electron chi connectivity index (χ2n) is 4.21. The van der Waals surface area contributed by atoms with E-state index in [-0.39, 0.29) is 0 Å².